The van der Waals surface area contributed by atoms with E-state index < -0.39 is 0 Å². The Labute approximate surface area is 153 Å². The van der Waals surface area contributed by atoms with Gasteiger partial charge in [0.1, 0.15) is 11.6 Å². The van der Waals surface area contributed by atoms with Crippen LogP contribution in [-0.2, 0) is 11.3 Å². The Morgan fingerprint density at radius 2 is 1.85 bits per heavy atom. The van der Waals surface area contributed by atoms with Gasteiger partial charge in [0.15, 0.2) is 5.65 Å². The molecule has 0 unspecified atom stereocenters. The number of pyridine rings is 1. The largest absolute Gasteiger partial charge is 0.379 e. The van der Waals surface area contributed by atoms with E-state index in [2.05, 4.69) is 32.0 Å². The number of nitrogens with zero attached hydrogens (tertiary/aromatic N) is 3. The molecule has 1 fully saturated rings. The molecule has 138 valence electrons. The molecule has 1 aliphatic heterocycles. The minimum Gasteiger partial charge on any atom is -0.379 e. The van der Waals surface area contributed by atoms with Gasteiger partial charge >= 0.3 is 0 Å². The van der Waals surface area contributed by atoms with Gasteiger partial charge in [0.25, 0.3) is 0 Å². The fraction of sp³-hybridized carbons (Fsp3) is 0.400. The van der Waals surface area contributed by atoms with Crippen molar-refractivity contribution in [2.75, 3.05) is 26.3 Å². The van der Waals surface area contributed by atoms with Gasteiger partial charge in [0, 0.05) is 30.8 Å². The van der Waals surface area contributed by atoms with Crippen LogP contribution in [0.2, 0.25) is 0 Å². The molecule has 3 aromatic rings. The topological polar surface area (TPSA) is 54.0 Å². The SMILES string of the molecule is CC.Cc1c(F)cnc2nc(-c3ccc(CN4CCOCC4)cc3)[nH]c12. The first-order valence-corrected chi connectivity index (χ1v) is 9.11. The number of ether oxygens (including phenoxy) is 1. The third-order valence-electron chi connectivity index (χ3n) is 4.46. The van der Waals surface area contributed by atoms with E-state index in [-0.39, 0.29) is 5.82 Å². The maximum atomic E-state index is 13.6. The lowest BCUT2D eigenvalue weighted by molar-refractivity contribution is 0.0342. The average Bonchev–Trinajstić information content (AvgIpc) is 3.13. The molecular weight excluding hydrogens is 331 g/mol. The van der Waals surface area contributed by atoms with Crippen molar-refractivity contribution in [3.05, 3.63) is 47.4 Å². The smallest absolute Gasteiger partial charge is 0.178 e. The summed E-state index contributed by atoms with van der Waals surface area (Å²) in [5, 5.41) is 0. The molecule has 6 heteroatoms. The second kappa shape index (κ2) is 8.38. The summed E-state index contributed by atoms with van der Waals surface area (Å²) in [6.07, 6.45) is 1.22. The molecular formula is C20H25FN4O. The highest BCUT2D eigenvalue weighted by Gasteiger charge is 2.13. The Kier molecular flexibility index (Phi) is 5.96. The van der Waals surface area contributed by atoms with Crippen LogP contribution in [-0.4, -0.2) is 46.2 Å². The lowest BCUT2D eigenvalue weighted by Crippen LogP contribution is -2.35. The van der Waals surface area contributed by atoms with Crippen molar-refractivity contribution in [3.63, 3.8) is 0 Å². The van der Waals surface area contributed by atoms with Gasteiger partial charge in [-0.3, -0.25) is 4.90 Å². The summed E-state index contributed by atoms with van der Waals surface area (Å²) in [7, 11) is 0. The van der Waals surface area contributed by atoms with Crippen LogP contribution >= 0.6 is 0 Å². The van der Waals surface area contributed by atoms with Crippen molar-refractivity contribution in [2.45, 2.75) is 27.3 Å². The van der Waals surface area contributed by atoms with Gasteiger partial charge in [-0.2, -0.15) is 0 Å². The van der Waals surface area contributed by atoms with Crippen LogP contribution in [0.1, 0.15) is 25.0 Å². The van der Waals surface area contributed by atoms with E-state index in [0.717, 1.165) is 38.4 Å². The number of imidazole rings is 1. The number of aromatic nitrogens is 3. The van der Waals surface area contributed by atoms with Gasteiger partial charge < -0.3 is 9.72 Å². The predicted octanol–water partition coefficient (Wildman–Crippen LogP) is 3.93. The fourth-order valence-corrected chi connectivity index (χ4v) is 2.98. The van der Waals surface area contributed by atoms with Crippen LogP contribution in [0.25, 0.3) is 22.6 Å². The average molecular weight is 356 g/mol. The highest BCUT2D eigenvalue weighted by atomic mass is 19.1. The van der Waals surface area contributed by atoms with E-state index in [1.165, 1.54) is 11.8 Å². The van der Waals surface area contributed by atoms with Crippen LogP contribution in [0.3, 0.4) is 0 Å². The number of aryl methyl sites for hydroxylation is 1. The van der Waals surface area contributed by atoms with Crippen molar-refractivity contribution in [3.8, 4) is 11.4 Å². The number of fused-ring (bicyclic) bond motifs is 1. The van der Waals surface area contributed by atoms with Crippen molar-refractivity contribution < 1.29 is 9.13 Å². The molecule has 1 aromatic carbocycles. The molecule has 1 saturated heterocycles. The molecule has 1 N–H and O–H groups in total. The fourth-order valence-electron chi connectivity index (χ4n) is 2.98. The Balaban J connectivity index is 0.000000948. The molecule has 0 atom stereocenters. The summed E-state index contributed by atoms with van der Waals surface area (Å²) in [4.78, 5) is 14.1. The first kappa shape index (κ1) is 18.5. The van der Waals surface area contributed by atoms with E-state index in [0.29, 0.717) is 22.6 Å². The van der Waals surface area contributed by atoms with Gasteiger partial charge in [0.05, 0.1) is 24.9 Å². The Bertz CT molecular complexity index is 854. The van der Waals surface area contributed by atoms with Gasteiger partial charge in [-0.15, -0.1) is 0 Å². The van der Waals surface area contributed by atoms with Crippen molar-refractivity contribution in [1.82, 2.24) is 19.9 Å². The van der Waals surface area contributed by atoms with Gasteiger partial charge in [-0.1, -0.05) is 38.1 Å². The number of rotatable bonds is 3. The van der Waals surface area contributed by atoms with E-state index in [9.17, 15) is 4.39 Å². The third kappa shape index (κ3) is 3.92. The van der Waals surface area contributed by atoms with E-state index in [1.807, 2.05) is 26.0 Å². The summed E-state index contributed by atoms with van der Waals surface area (Å²) in [6, 6.07) is 8.30. The maximum Gasteiger partial charge on any atom is 0.178 e. The first-order chi connectivity index (χ1) is 12.7. The van der Waals surface area contributed by atoms with Gasteiger partial charge in [0.2, 0.25) is 0 Å². The zero-order valence-corrected chi connectivity index (χ0v) is 15.6. The predicted molar refractivity (Wildman–Crippen MR) is 101 cm³/mol. The Morgan fingerprint density at radius 1 is 1.15 bits per heavy atom. The summed E-state index contributed by atoms with van der Waals surface area (Å²) >= 11 is 0. The molecule has 0 saturated carbocycles. The molecule has 0 radical (unpaired) electrons. The molecule has 0 bridgehead atoms. The number of halogens is 1. The zero-order valence-electron chi connectivity index (χ0n) is 15.6. The highest BCUT2D eigenvalue weighted by molar-refractivity contribution is 5.78. The van der Waals surface area contributed by atoms with Crippen LogP contribution in [0.15, 0.2) is 30.5 Å². The lowest BCUT2D eigenvalue weighted by Gasteiger charge is -2.26. The van der Waals surface area contributed by atoms with Crippen LogP contribution in [0.4, 0.5) is 4.39 Å². The summed E-state index contributed by atoms with van der Waals surface area (Å²) < 4.78 is 19.0. The van der Waals surface area contributed by atoms with Crippen molar-refractivity contribution in [2.24, 2.45) is 0 Å². The number of morpholine rings is 1. The standard InChI is InChI=1S/C18H19FN4O.C2H6/c1-12-15(19)10-20-18-16(12)21-17(22-18)14-4-2-13(3-5-14)11-23-6-8-24-9-7-23;1-2/h2-5,10H,6-9,11H2,1H3,(H,20,21,22);1-2H3. The molecule has 3 heterocycles. The molecule has 0 aliphatic carbocycles. The number of benzene rings is 1. The van der Waals surface area contributed by atoms with E-state index in [4.69, 9.17) is 4.74 Å². The second-order valence-electron chi connectivity index (χ2n) is 6.10. The highest BCUT2D eigenvalue weighted by Crippen LogP contribution is 2.23. The zero-order chi connectivity index (χ0) is 18.5. The minimum absolute atomic E-state index is 0.321. The van der Waals surface area contributed by atoms with Crippen LogP contribution in [0, 0.1) is 12.7 Å². The monoisotopic (exact) mass is 356 g/mol. The summed E-state index contributed by atoms with van der Waals surface area (Å²) in [5.74, 6) is 0.391. The number of hydrogen-bond acceptors (Lipinski definition) is 4. The number of nitrogens with one attached hydrogen (secondary N) is 1. The van der Waals surface area contributed by atoms with E-state index >= 15 is 0 Å². The number of hydrogen-bond donors (Lipinski definition) is 1. The normalized spacial score (nSPS) is 14.9. The van der Waals surface area contributed by atoms with Crippen LogP contribution in [0.5, 0.6) is 0 Å². The van der Waals surface area contributed by atoms with Gasteiger partial charge in [-0.25, -0.2) is 14.4 Å². The summed E-state index contributed by atoms with van der Waals surface area (Å²) in [6.45, 7) is 10.2. The molecule has 5 nitrogen and oxygen atoms in total. The molecule has 2 aromatic heterocycles. The summed E-state index contributed by atoms with van der Waals surface area (Å²) in [5.41, 5.74) is 3.97. The first-order valence-electron chi connectivity index (χ1n) is 9.11. The van der Waals surface area contributed by atoms with Crippen molar-refractivity contribution in [1.29, 1.82) is 0 Å². The minimum atomic E-state index is -0.321. The Morgan fingerprint density at radius 3 is 2.54 bits per heavy atom. The number of H-pyrrole nitrogens is 1. The number of aromatic amines is 1. The quantitative estimate of drug-likeness (QED) is 0.772. The van der Waals surface area contributed by atoms with E-state index in [1.54, 1.807) is 6.92 Å². The Hall–Kier alpha value is -2.31. The van der Waals surface area contributed by atoms with Gasteiger partial charge in [-0.05, 0) is 12.5 Å². The maximum absolute atomic E-state index is 13.6. The van der Waals surface area contributed by atoms with Crippen LogP contribution < -0.4 is 0 Å². The lowest BCUT2D eigenvalue weighted by atomic mass is 10.1. The molecule has 4 rings (SSSR count). The third-order valence-corrected chi connectivity index (χ3v) is 4.46. The molecule has 0 amide bonds. The molecule has 26 heavy (non-hydrogen) atoms. The molecule has 1 aliphatic rings. The molecule has 0 spiro atoms. The van der Waals surface area contributed by atoms with Crippen molar-refractivity contribution >= 4 is 11.2 Å². The second-order valence-corrected chi connectivity index (χ2v) is 6.10.